The third kappa shape index (κ3) is 28.0. The Kier molecular flexibility index (Phi) is 30.3. The van der Waals surface area contributed by atoms with Crippen LogP contribution in [0.4, 0.5) is 29.1 Å². The van der Waals surface area contributed by atoms with Gasteiger partial charge in [0.1, 0.15) is 29.9 Å². The summed E-state index contributed by atoms with van der Waals surface area (Å²) in [5.74, 6) is -4.18. The summed E-state index contributed by atoms with van der Waals surface area (Å²) in [5.41, 5.74) is 8.50. The van der Waals surface area contributed by atoms with Crippen molar-refractivity contribution < 1.29 is 70.4 Å². The number of anilines is 2. The van der Waals surface area contributed by atoms with Crippen LogP contribution in [0.1, 0.15) is 112 Å². The number of urea groups is 1. The van der Waals surface area contributed by atoms with Crippen molar-refractivity contribution in [1.82, 2.24) is 51.9 Å². The first-order valence-electron chi connectivity index (χ1n) is 30.6. The number of halogens is 3. The Morgan fingerprint density at radius 1 is 0.767 bits per heavy atom. The van der Waals surface area contributed by atoms with Crippen molar-refractivity contribution >= 4 is 71.9 Å². The number of carboxylic acid groups (broad SMARTS) is 1. The van der Waals surface area contributed by atoms with E-state index >= 15 is 0 Å². The van der Waals surface area contributed by atoms with E-state index in [2.05, 4.69) is 57.8 Å². The highest BCUT2D eigenvalue weighted by Crippen LogP contribution is 2.29. The van der Waals surface area contributed by atoms with Gasteiger partial charge in [0.15, 0.2) is 0 Å². The molecular weight excluding hydrogens is 1170 g/mol. The predicted octanol–water partition coefficient (Wildman–Crippen LogP) is 4.64. The largest absolute Gasteiger partial charge is 0.531 e. The van der Waals surface area contributed by atoms with Crippen LogP contribution in [-0.4, -0.2) is 174 Å². The molecule has 0 radical (unpaired) electrons. The smallest absolute Gasteiger partial charge is 0.481 e. The third-order valence-corrected chi connectivity index (χ3v) is 14.8. The predicted molar refractivity (Wildman–Crippen MR) is 333 cm³/mol. The minimum atomic E-state index is -4.95. The van der Waals surface area contributed by atoms with Crippen molar-refractivity contribution in [1.29, 1.82) is 0 Å². The molecule has 3 atom stereocenters. The number of benzene rings is 2. The van der Waals surface area contributed by atoms with Crippen molar-refractivity contribution in [3.8, 4) is 0 Å². The fourth-order valence-electron chi connectivity index (χ4n) is 10.1. The molecule has 492 valence electrons. The zero-order valence-corrected chi connectivity index (χ0v) is 51.6. The van der Waals surface area contributed by atoms with Crippen LogP contribution in [0.25, 0.3) is 6.08 Å². The number of aryl methyl sites for hydroxylation is 2. The summed E-state index contributed by atoms with van der Waals surface area (Å²) in [7, 11) is 2.98. The molecule has 90 heavy (non-hydrogen) atoms. The lowest BCUT2D eigenvalue weighted by Gasteiger charge is -2.38. The molecule has 11 N–H and O–H groups in total. The first-order valence-corrected chi connectivity index (χ1v) is 30.6. The maximum atomic E-state index is 14.4. The van der Waals surface area contributed by atoms with Crippen LogP contribution in [0, 0.1) is 6.92 Å². The maximum Gasteiger partial charge on any atom is 0.531 e. The van der Waals surface area contributed by atoms with Gasteiger partial charge in [0.05, 0.1) is 65.6 Å². The highest BCUT2D eigenvalue weighted by molar-refractivity contribution is 6.58. The van der Waals surface area contributed by atoms with Crippen molar-refractivity contribution in [3.05, 3.63) is 108 Å². The molecule has 29 heteroatoms. The van der Waals surface area contributed by atoms with Gasteiger partial charge in [-0.15, -0.1) is 5.10 Å². The molecule has 2 aromatic carbocycles. The number of aromatic nitrogens is 4. The number of rotatable bonds is 40. The molecule has 4 aromatic rings. The van der Waals surface area contributed by atoms with Crippen molar-refractivity contribution in [2.24, 2.45) is 5.73 Å². The van der Waals surface area contributed by atoms with Gasteiger partial charge < -0.3 is 80.3 Å². The number of hydrogen-bond donors (Lipinski definition) is 10. The number of nitrogens with two attached hydrogens (primary N) is 1. The Bertz CT molecular complexity index is 2970. The highest BCUT2D eigenvalue weighted by Gasteiger charge is 2.42. The van der Waals surface area contributed by atoms with Gasteiger partial charge in [0, 0.05) is 62.4 Å². The van der Waals surface area contributed by atoms with Gasteiger partial charge in [-0.3, -0.25) is 43.2 Å². The van der Waals surface area contributed by atoms with Crippen LogP contribution < -0.4 is 48.3 Å². The molecule has 1 saturated carbocycles. The van der Waals surface area contributed by atoms with Gasteiger partial charge in [-0.25, -0.2) is 4.79 Å². The minimum absolute atomic E-state index is 0.00142. The van der Waals surface area contributed by atoms with Crippen LogP contribution in [-0.2, 0) is 62.5 Å². The van der Waals surface area contributed by atoms with Gasteiger partial charge in [0.25, 0.3) is 0 Å². The number of quaternary nitrogens is 1. The molecule has 0 unspecified atom stereocenters. The van der Waals surface area contributed by atoms with E-state index in [9.17, 15) is 56.4 Å². The molecule has 1 aliphatic rings. The van der Waals surface area contributed by atoms with Gasteiger partial charge in [0.2, 0.25) is 35.4 Å². The Balaban J connectivity index is 1.08. The summed E-state index contributed by atoms with van der Waals surface area (Å²) >= 11 is 0. The lowest BCUT2D eigenvalue weighted by molar-refractivity contribution is -0.895. The summed E-state index contributed by atoms with van der Waals surface area (Å²) in [6.45, 7) is -1.33. The quantitative estimate of drug-likeness (QED) is 0.0126. The van der Waals surface area contributed by atoms with Crippen LogP contribution in [0.2, 0.25) is 0 Å². The van der Waals surface area contributed by atoms with Crippen molar-refractivity contribution in [2.75, 3.05) is 77.2 Å². The Morgan fingerprint density at radius 2 is 1.46 bits per heavy atom. The molecule has 2 aromatic heterocycles. The van der Waals surface area contributed by atoms with Crippen LogP contribution in [0.3, 0.4) is 0 Å². The maximum absolute atomic E-state index is 14.4. The fourth-order valence-corrected chi connectivity index (χ4v) is 10.1. The molecule has 0 spiro atoms. The van der Waals surface area contributed by atoms with E-state index in [1.165, 1.54) is 20.2 Å². The van der Waals surface area contributed by atoms with E-state index < -0.39 is 72.7 Å². The first kappa shape index (κ1) is 72.5. The van der Waals surface area contributed by atoms with Crippen LogP contribution in [0.15, 0.2) is 85.3 Å². The van der Waals surface area contributed by atoms with E-state index in [0.29, 0.717) is 87.0 Å². The average molecular weight is 1260 g/mol. The van der Waals surface area contributed by atoms with E-state index in [4.69, 9.17) is 15.2 Å². The molecule has 2 heterocycles. The molecule has 1 fully saturated rings. The Labute approximate surface area is 523 Å². The zero-order valence-electron chi connectivity index (χ0n) is 51.6. The highest BCUT2D eigenvalue weighted by atomic mass is 19.4. The number of nitrogens with zero attached hydrogens (tertiary/aromatic N) is 5. The summed E-state index contributed by atoms with van der Waals surface area (Å²) in [6, 6.07) is 13.8. The van der Waals surface area contributed by atoms with Gasteiger partial charge in [-0.05, 0) is 118 Å². The molecular formula is C61H88BF3N14O11. The van der Waals surface area contributed by atoms with E-state index in [-0.39, 0.29) is 101 Å². The summed E-state index contributed by atoms with van der Waals surface area (Å²) in [5, 5.41) is 40.0. The molecule has 0 saturated heterocycles. The molecule has 1 aliphatic carbocycles. The molecule has 0 bridgehead atoms. The van der Waals surface area contributed by atoms with E-state index in [1.807, 2.05) is 25.1 Å². The topological polar surface area (TPSA) is 341 Å². The normalized spacial score (nSPS) is 14.1. The number of carbonyl (C=O) groups is 8. The second-order valence-corrected chi connectivity index (χ2v) is 23.1. The Hall–Kier alpha value is -8.28. The van der Waals surface area contributed by atoms with Gasteiger partial charge >= 0.3 is 19.0 Å². The Morgan fingerprint density at radius 3 is 2.14 bits per heavy atom. The molecule has 5 rings (SSSR count). The molecule has 25 nitrogen and oxygen atoms in total. The monoisotopic (exact) mass is 1260 g/mol. The second kappa shape index (κ2) is 37.7. The number of carbonyl (C=O) groups excluding carboxylic acids is 7. The minimum Gasteiger partial charge on any atom is -0.481 e. The van der Waals surface area contributed by atoms with Crippen molar-refractivity contribution in [3.63, 3.8) is 0 Å². The standard InChI is InChI=1S/C61H88BF3N14O11/c1-44-15-5-6-18-50(44)74-60(88)71-47-25-22-45(23-26-47)39-54(81)72-51(19-7-11-31-68-53(80)27-24-46-16-14-30-67-40-46)57(85)73-52(20-13-21-55(82)83)58(86)75-61(28-9-4-10-29-61)59(87)70-33-36-90-38-37-89-35-32-69-56(84)49(66)17-8-12-34-78-41-48(76-77-78)42-79(2,3)43-62(63,64)65/h5-6,14-16,18,22-27,30,40-41,49,51-52H,4,7-13,17,19-21,28-29,31-39,42-43,66H2,1-3H3,(H,68,80)(H,69,84)(H,70,87)(H,72,81)(H,73,85)(H,75,86)(H,82,83)(H2,71,74,88)/b27-24+/t49-,51+,52+/m1/s1. The SMILES string of the molecule is Cc1ccccc1NC(=O)Nc1ccc(CC(=O)N[C@@H](CCCCNC(=O)/C=C/c2cccnc2)C(=O)N[C@@H](CCCC(=O)O)C(=O)NC2(C(=O)NCCOCCOCCNC(=O)[C@H](N)CCCCn3cc(C[N+](C)(C)C[B-](F)(F)F)nn3)CCCCC2)cc1. The van der Waals surface area contributed by atoms with E-state index in [0.717, 1.165) is 17.5 Å². The van der Waals surface area contributed by atoms with Crippen LogP contribution >= 0.6 is 0 Å². The first-order chi connectivity index (χ1) is 43.0. The number of carboxylic acids is 1. The van der Waals surface area contributed by atoms with Crippen LogP contribution in [0.5, 0.6) is 0 Å². The summed E-state index contributed by atoms with van der Waals surface area (Å²) in [6.07, 6.45) is 11.5. The third-order valence-electron chi connectivity index (χ3n) is 14.8. The number of para-hydroxylation sites is 1. The lowest BCUT2D eigenvalue weighted by atomic mass is 9.80. The molecule has 0 aliphatic heterocycles. The number of pyridine rings is 1. The zero-order chi connectivity index (χ0) is 65.4. The van der Waals surface area contributed by atoms with Gasteiger partial charge in [-0.2, -0.15) is 0 Å². The number of nitrogens with one attached hydrogen (secondary N) is 8. The second-order valence-electron chi connectivity index (χ2n) is 23.1. The van der Waals surface area contributed by atoms with Gasteiger partial charge in [-0.1, -0.05) is 60.9 Å². The molecule has 8 amide bonds. The fraction of sp³-hybridized carbons (Fsp3) is 0.525. The average Bonchev–Trinajstić information content (AvgIpc) is 1.57. The van der Waals surface area contributed by atoms with Crippen molar-refractivity contribution in [2.45, 2.75) is 140 Å². The summed E-state index contributed by atoms with van der Waals surface area (Å²) < 4.78 is 51.4. The lowest BCUT2D eigenvalue weighted by Crippen LogP contribution is -2.63. The summed E-state index contributed by atoms with van der Waals surface area (Å²) in [4.78, 5) is 110. The number of amides is 8. The number of ether oxygens (including phenoxy) is 2. The number of aliphatic carboxylic acids is 1. The number of unbranched alkanes of at least 4 members (excludes halogenated alkanes) is 2. The van der Waals surface area contributed by atoms with E-state index in [1.54, 1.807) is 71.8 Å². The number of hydrogen-bond acceptors (Lipinski definition) is 14.